The molecule has 0 spiro atoms. The van der Waals surface area contributed by atoms with Crippen molar-refractivity contribution in [1.29, 1.82) is 0 Å². The second-order valence-electron chi connectivity index (χ2n) is 8.47. The Morgan fingerprint density at radius 3 is 2.53 bits per heavy atom. The van der Waals surface area contributed by atoms with Gasteiger partial charge in [0.1, 0.15) is 11.9 Å². The zero-order chi connectivity index (χ0) is 24.4. The number of aryl methyl sites for hydroxylation is 1. The Kier molecular flexibility index (Phi) is 6.70. The van der Waals surface area contributed by atoms with Crippen molar-refractivity contribution in [3.8, 4) is 5.69 Å². The Labute approximate surface area is 201 Å². The number of anilines is 2. The normalized spacial score (nSPS) is 17.5. The Bertz CT molecular complexity index is 1290. The topological polar surface area (TPSA) is 83.4 Å². The van der Waals surface area contributed by atoms with Gasteiger partial charge in [-0.3, -0.25) is 14.2 Å². The van der Waals surface area contributed by atoms with Crippen LogP contribution in [0.3, 0.4) is 0 Å². The van der Waals surface area contributed by atoms with Crippen LogP contribution in [0.1, 0.15) is 18.9 Å². The van der Waals surface area contributed by atoms with Gasteiger partial charge >= 0.3 is 6.03 Å². The van der Waals surface area contributed by atoms with Crippen molar-refractivity contribution in [2.24, 2.45) is 5.92 Å². The number of rotatable bonds is 4. The van der Waals surface area contributed by atoms with Gasteiger partial charge in [0.05, 0.1) is 11.4 Å². The highest BCUT2D eigenvalue weighted by Gasteiger charge is 2.38. The number of pyridine rings is 1. The van der Waals surface area contributed by atoms with Crippen LogP contribution in [-0.2, 0) is 4.79 Å². The SMILES string of the molecule is Cc1cccn(-c2ccc(NC(=O)C3CC(C)CN3C(=O)Nc3ccc(Cl)cc3)c(F)c2)c1=O. The maximum Gasteiger partial charge on any atom is 0.322 e. The molecule has 2 unspecified atom stereocenters. The van der Waals surface area contributed by atoms with E-state index in [1.807, 2.05) is 6.92 Å². The first-order chi connectivity index (χ1) is 16.2. The fourth-order valence-corrected chi connectivity index (χ4v) is 4.15. The van der Waals surface area contributed by atoms with Gasteiger partial charge in [0.15, 0.2) is 0 Å². The molecule has 0 aliphatic carbocycles. The molecule has 3 amide bonds. The highest BCUT2D eigenvalue weighted by atomic mass is 35.5. The van der Waals surface area contributed by atoms with Crippen LogP contribution in [0.2, 0.25) is 5.02 Å². The van der Waals surface area contributed by atoms with Gasteiger partial charge in [-0.05, 0) is 61.7 Å². The van der Waals surface area contributed by atoms with Crippen molar-refractivity contribution in [1.82, 2.24) is 9.47 Å². The van der Waals surface area contributed by atoms with E-state index in [9.17, 15) is 18.8 Å². The van der Waals surface area contributed by atoms with Gasteiger partial charge in [-0.25, -0.2) is 9.18 Å². The molecule has 1 aromatic heterocycles. The van der Waals surface area contributed by atoms with E-state index < -0.39 is 23.8 Å². The monoisotopic (exact) mass is 482 g/mol. The third-order valence-corrected chi connectivity index (χ3v) is 6.05. The average molecular weight is 483 g/mol. The van der Waals surface area contributed by atoms with Gasteiger partial charge in [-0.1, -0.05) is 24.6 Å². The Morgan fingerprint density at radius 2 is 1.82 bits per heavy atom. The van der Waals surface area contributed by atoms with Crippen molar-refractivity contribution in [3.05, 3.63) is 87.6 Å². The second kappa shape index (κ2) is 9.69. The summed E-state index contributed by atoms with van der Waals surface area (Å²) in [4.78, 5) is 39.6. The van der Waals surface area contributed by atoms with E-state index in [2.05, 4.69) is 10.6 Å². The van der Waals surface area contributed by atoms with Crippen molar-refractivity contribution in [2.75, 3.05) is 17.2 Å². The summed E-state index contributed by atoms with van der Waals surface area (Å²) in [5.74, 6) is -1.05. The van der Waals surface area contributed by atoms with Gasteiger partial charge in [0.2, 0.25) is 5.91 Å². The smallest absolute Gasteiger partial charge is 0.322 e. The third kappa shape index (κ3) is 4.97. The van der Waals surface area contributed by atoms with Crippen LogP contribution < -0.4 is 16.2 Å². The molecule has 4 rings (SSSR count). The molecule has 0 saturated carbocycles. The molecule has 1 saturated heterocycles. The van der Waals surface area contributed by atoms with E-state index in [0.29, 0.717) is 34.9 Å². The summed E-state index contributed by atoms with van der Waals surface area (Å²) in [6.07, 6.45) is 2.01. The van der Waals surface area contributed by atoms with E-state index in [4.69, 9.17) is 11.6 Å². The maximum atomic E-state index is 14.8. The standard InChI is InChI=1S/C25H24ClFN4O3/c1-15-12-22(31(14-15)25(34)28-18-7-5-17(26)6-8-18)23(32)29-21-10-9-19(13-20(21)27)30-11-3-4-16(2)24(30)33/h3-11,13,15,22H,12,14H2,1-2H3,(H,28,34)(H,29,32). The van der Waals surface area contributed by atoms with Crippen molar-refractivity contribution in [2.45, 2.75) is 26.3 Å². The first kappa shape index (κ1) is 23.5. The van der Waals surface area contributed by atoms with Crippen LogP contribution in [0, 0.1) is 18.7 Å². The summed E-state index contributed by atoms with van der Waals surface area (Å²) in [7, 11) is 0. The highest BCUT2D eigenvalue weighted by Crippen LogP contribution is 2.26. The Morgan fingerprint density at radius 1 is 1.09 bits per heavy atom. The lowest BCUT2D eigenvalue weighted by Gasteiger charge is -2.24. The molecule has 176 valence electrons. The van der Waals surface area contributed by atoms with E-state index in [0.717, 1.165) is 0 Å². The lowest BCUT2D eigenvalue weighted by molar-refractivity contribution is -0.119. The minimum atomic E-state index is -0.749. The zero-order valence-electron chi connectivity index (χ0n) is 18.7. The molecular weight excluding hydrogens is 459 g/mol. The summed E-state index contributed by atoms with van der Waals surface area (Å²) < 4.78 is 16.2. The minimum absolute atomic E-state index is 0.0212. The van der Waals surface area contributed by atoms with E-state index in [1.54, 1.807) is 55.6 Å². The molecule has 3 aromatic rings. The van der Waals surface area contributed by atoms with E-state index >= 15 is 0 Å². The van der Waals surface area contributed by atoms with Gasteiger partial charge in [0, 0.05) is 35.1 Å². The first-order valence-corrected chi connectivity index (χ1v) is 11.2. The summed E-state index contributed by atoms with van der Waals surface area (Å²) in [6.45, 7) is 4.03. The molecule has 1 aliphatic rings. The number of halogens is 2. The average Bonchev–Trinajstić information content (AvgIpc) is 3.20. The summed E-state index contributed by atoms with van der Waals surface area (Å²) >= 11 is 5.88. The van der Waals surface area contributed by atoms with Crippen LogP contribution in [0.4, 0.5) is 20.6 Å². The number of hydrogen-bond donors (Lipinski definition) is 2. The molecular formula is C25H24ClFN4O3. The fraction of sp³-hybridized carbons (Fsp3) is 0.240. The second-order valence-corrected chi connectivity index (χ2v) is 8.90. The number of likely N-dealkylation sites (tertiary alicyclic amines) is 1. The molecule has 7 nitrogen and oxygen atoms in total. The van der Waals surface area contributed by atoms with Gasteiger partial charge < -0.3 is 15.5 Å². The van der Waals surface area contributed by atoms with Gasteiger partial charge in [-0.2, -0.15) is 0 Å². The molecule has 9 heteroatoms. The van der Waals surface area contributed by atoms with Crippen LogP contribution in [0.5, 0.6) is 0 Å². The van der Waals surface area contributed by atoms with Crippen LogP contribution in [0.15, 0.2) is 65.6 Å². The molecule has 2 heterocycles. The van der Waals surface area contributed by atoms with E-state index in [-0.39, 0.29) is 17.2 Å². The number of benzene rings is 2. The molecule has 0 radical (unpaired) electrons. The van der Waals surface area contributed by atoms with Gasteiger partial charge in [-0.15, -0.1) is 0 Å². The molecule has 1 fully saturated rings. The maximum absolute atomic E-state index is 14.8. The van der Waals surface area contributed by atoms with Crippen LogP contribution >= 0.6 is 11.6 Å². The predicted octanol–water partition coefficient (Wildman–Crippen LogP) is 4.82. The van der Waals surface area contributed by atoms with Gasteiger partial charge in [0.25, 0.3) is 5.56 Å². The minimum Gasteiger partial charge on any atom is -0.322 e. The molecule has 0 bridgehead atoms. The first-order valence-electron chi connectivity index (χ1n) is 10.8. The fourth-order valence-electron chi connectivity index (χ4n) is 4.02. The number of carbonyl (C=O) groups excluding carboxylic acids is 2. The largest absolute Gasteiger partial charge is 0.322 e. The number of aromatic nitrogens is 1. The molecule has 2 atom stereocenters. The highest BCUT2D eigenvalue weighted by molar-refractivity contribution is 6.30. The number of nitrogens with zero attached hydrogens (tertiary/aromatic N) is 2. The quantitative estimate of drug-likeness (QED) is 0.559. The number of nitrogens with one attached hydrogen (secondary N) is 2. The van der Waals surface area contributed by atoms with Crippen molar-refractivity contribution >= 4 is 34.9 Å². The molecule has 34 heavy (non-hydrogen) atoms. The molecule has 2 aromatic carbocycles. The lowest BCUT2D eigenvalue weighted by atomic mass is 10.1. The van der Waals surface area contributed by atoms with Crippen molar-refractivity contribution < 1.29 is 14.0 Å². The summed E-state index contributed by atoms with van der Waals surface area (Å²) in [5, 5.41) is 5.91. The van der Waals surface area contributed by atoms with Crippen molar-refractivity contribution in [3.63, 3.8) is 0 Å². The molecule has 2 N–H and O–H groups in total. The number of hydrogen-bond acceptors (Lipinski definition) is 3. The molecule has 1 aliphatic heterocycles. The number of amides is 3. The van der Waals surface area contributed by atoms with E-state index in [1.165, 1.54) is 21.6 Å². The Hall–Kier alpha value is -3.65. The third-order valence-electron chi connectivity index (χ3n) is 5.80. The lowest BCUT2D eigenvalue weighted by Crippen LogP contribution is -2.45. The summed E-state index contributed by atoms with van der Waals surface area (Å²) in [6, 6.07) is 13.0. The number of urea groups is 1. The Balaban J connectivity index is 1.49. The van der Waals surface area contributed by atoms with Crippen LogP contribution in [0.25, 0.3) is 5.69 Å². The zero-order valence-corrected chi connectivity index (χ0v) is 19.5. The van der Waals surface area contributed by atoms with Crippen LogP contribution in [-0.4, -0.2) is 34.0 Å². The number of carbonyl (C=O) groups is 2. The summed E-state index contributed by atoms with van der Waals surface area (Å²) in [5.41, 5.74) is 1.17. The predicted molar refractivity (Wildman–Crippen MR) is 130 cm³/mol.